The summed E-state index contributed by atoms with van der Waals surface area (Å²) in [7, 11) is 1.37. The smallest absolute Gasteiger partial charge is 0.305 e. The van der Waals surface area contributed by atoms with Crippen LogP contribution in [0.15, 0.2) is 0 Å². The van der Waals surface area contributed by atoms with Crippen molar-refractivity contribution >= 4 is 5.97 Å². The fourth-order valence-corrected chi connectivity index (χ4v) is 1.08. The molecule has 0 aromatic heterocycles. The zero-order chi connectivity index (χ0) is 8.27. The molecule has 0 aliphatic heterocycles. The van der Waals surface area contributed by atoms with Crippen molar-refractivity contribution in [3.63, 3.8) is 0 Å². The standard InChI is InChI=1S/C8H14O3/c1-11-8(10)5-4-7(9)6-2-3-6/h6-7,9H,2-5H2,1H3. The number of carbonyl (C=O) groups is 1. The van der Waals surface area contributed by atoms with E-state index < -0.39 is 0 Å². The topological polar surface area (TPSA) is 46.5 Å². The summed E-state index contributed by atoms with van der Waals surface area (Å²) < 4.78 is 4.45. The van der Waals surface area contributed by atoms with Crippen molar-refractivity contribution < 1.29 is 14.6 Å². The summed E-state index contributed by atoms with van der Waals surface area (Å²) in [6.07, 6.45) is 2.84. The highest BCUT2D eigenvalue weighted by Crippen LogP contribution is 2.34. The van der Waals surface area contributed by atoms with E-state index in [-0.39, 0.29) is 12.1 Å². The SMILES string of the molecule is COC(=O)CCC(O)C1CC1. The van der Waals surface area contributed by atoms with E-state index in [2.05, 4.69) is 4.74 Å². The van der Waals surface area contributed by atoms with Gasteiger partial charge in [-0.2, -0.15) is 0 Å². The van der Waals surface area contributed by atoms with Crippen molar-refractivity contribution in [2.75, 3.05) is 7.11 Å². The molecule has 0 radical (unpaired) electrons. The molecule has 1 saturated carbocycles. The van der Waals surface area contributed by atoms with E-state index >= 15 is 0 Å². The van der Waals surface area contributed by atoms with Crippen LogP contribution in [0.5, 0.6) is 0 Å². The van der Waals surface area contributed by atoms with E-state index in [0.29, 0.717) is 18.8 Å². The van der Waals surface area contributed by atoms with Crippen LogP contribution < -0.4 is 0 Å². The van der Waals surface area contributed by atoms with Crippen LogP contribution in [0.3, 0.4) is 0 Å². The molecule has 1 fully saturated rings. The van der Waals surface area contributed by atoms with E-state index in [9.17, 15) is 9.90 Å². The van der Waals surface area contributed by atoms with Crippen molar-refractivity contribution in [2.24, 2.45) is 5.92 Å². The Balaban J connectivity index is 2.05. The quantitative estimate of drug-likeness (QED) is 0.613. The molecule has 1 N–H and O–H groups in total. The first-order chi connectivity index (χ1) is 5.24. The van der Waals surface area contributed by atoms with Gasteiger partial charge >= 0.3 is 5.97 Å². The third kappa shape index (κ3) is 2.89. The summed E-state index contributed by atoms with van der Waals surface area (Å²) in [6, 6.07) is 0. The lowest BCUT2D eigenvalue weighted by molar-refractivity contribution is -0.141. The van der Waals surface area contributed by atoms with Crippen LogP contribution in [-0.2, 0) is 9.53 Å². The second-order valence-electron chi connectivity index (χ2n) is 3.02. The molecule has 3 nitrogen and oxygen atoms in total. The zero-order valence-corrected chi connectivity index (χ0v) is 6.75. The minimum Gasteiger partial charge on any atom is -0.469 e. The molecular weight excluding hydrogens is 144 g/mol. The van der Waals surface area contributed by atoms with E-state index in [1.807, 2.05) is 0 Å². The lowest BCUT2D eigenvalue weighted by atomic mass is 10.1. The summed E-state index contributed by atoms with van der Waals surface area (Å²) in [5, 5.41) is 9.33. The number of carbonyl (C=O) groups excluding carboxylic acids is 1. The predicted molar refractivity (Wildman–Crippen MR) is 40.0 cm³/mol. The molecule has 1 aliphatic rings. The summed E-state index contributed by atoms with van der Waals surface area (Å²) in [4.78, 5) is 10.6. The number of methoxy groups -OCH3 is 1. The summed E-state index contributed by atoms with van der Waals surface area (Å²) in [6.45, 7) is 0. The van der Waals surface area contributed by atoms with Gasteiger partial charge in [0.15, 0.2) is 0 Å². The number of aliphatic hydroxyl groups excluding tert-OH is 1. The van der Waals surface area contributed by atoms with Crippen LogP contribution in [0.1, 0.15) is 25.7 Å². The van der Waals surface area contributed by atoms with E-state index in [1.54, 1.807) is 0 Å². The second-order valence-corrected chi connectivity index (χ2v) is 3.02. The molecule has 64 valence electrons. The van der Waals surface area contributed by atoms with Crippen LogP contribution in [0, 0.1) is 5.92 Å². The molecule has 0 saturated heterocycles. The molecular formula is C8H14O3. The summed E-state index contributed by atoms with van der Waals surface area (Å²) in [5.41, 5.74) is 0. The molecule has 1 unspecified atom stereocenters. The highest BCUT2D eigenvalue weighted by Gasteiger charge is 2.29. The molecule has 11 heavy (non-hydrogen) atoms. The summed E-state index contributed by atoms with van der Waals surface area (Å²) in [5.74, 6) is 0.226. The average Bonchev–Trinajstić information content (AvgIpc) is 2.81. The van der Waals surface area contributed by atoms with Crippen molar-refractivity contribution in [2.45, 2.75) is 31.8 Å². The van der Waals surface area contributed by atoms with Gasteiger partial charge in [0.2, 0.25) is 0 Å². The average molecular weight is 158 g/mol. The Kier molecular flexibility index (Phi) is 2.88. The first kappa shape index (κ1) is 8.53. The molecule has 0 heterocycles. The van der Waals surface area contributed by atoms with Gasteiger partial charge in [-0.1, -0.05) is 0 Å². The monoisotopic (exact) mass is 158 g/mol. The third-order valence-corrected chi connectivity index (χ3v) is 2.04. The van der Waals surface area contributed by atoms with Gasteiger partial charge in [0.05, 0.1) is 13.2 Å². The van der Waals surface area contributed by atoms with Gasteiger partial charge < -0.3 is 9.84 Å². The van der Waals surface area contributed by atoms with Gasteiger partial charge in [0.1, 0.15) is 0 Å². The number of esters is 1. The van der Waals surface area contributed by atoms with Crippen LogP contribution >= 0.6 is 0 Å². The Morgan fingerprint density at radius 2 is 2.36 bits per heavy atom. The maximum atomic E-state index is 10.6. The van der Waals surface area contributed by atoms with Crippen molar-refractivity contribution in [1.82, 2.24) is 0 Å². The van der Waals surface area contributed by atoms with Gasteiger partial charge in [-0.05, 0) is 25.2 Å². The zero-order valence-electron chi connectivity index (χ0n) is 6.75. The van der Waals surface area contributed by atoms with Gasteiger partial charge in [-0.25, -0.2) is 0 Å². The van der Waals surface area contributed by atoms with Crippen molar-refractivity contribution in [3.05, 3.63) is 0 Å². The number of hydrogen-bond donors (Lipinski definition) is 1. The molecule has 3 heteroatoms. The van der Waals surface area contributed by atoms with Gasteiger partial charge in [-0.15, -0.1) is 0 Å². The van der Waals surface area contributed by atoms with Crippen molar-refractivity contribution in [1.29, 1.82) is 0 Å². The molecule has 1 atom stereocenters. The first-order valence-electron chi connectivity index (χ1n) is 3.99. The number of rotatable bonds is 4. The van der Waals surface area contributed by atoms with Gasteiger partial charge in [0.25, 0.3) is 0 Å². The normalized spacial score (nSPS) is 19.5. The lowest BCUT2D eigenvalue weighted by Crippen LogP contribution is -2.12. The maximum absolute atomic E-state index is 10.6. The number of ether oxygens (including phenoxy) is 1. The van der Waals surface area contributed by atoms with Crippen LogP contribution in [0.2, 0.25) is 0 Å². The lowest BCUT2D eigenvalue weighted by Gasteiger charge is -2.06. The minimum absolute atomic E-state index is 0.232. The third-order valence-electron chi connectivity index (χ3n) is 2.04. The predicted octanol–water partition coefficient (Wildman–Crippen LogP) is 0.710. The Labute approximate surface area is 66.4 Å². The molecule has 0 aromatic rings. The van der Waals surface area contributed by atoms with Crippen LogP contribution in [-0.4, -0.2) is 24.3 Å². The van der Waals surface area contributed by atoms with Crippen LogP contribution in [0.4, 0.5) is 0 Å². The largest absolute Gasteiger partial charge is 0.469 e. The van der Waals surface area contributed by atoms with Crippen molar-refractivity contribution in [3.8, 4) is 0 Å². The van der Waals surface area contributed by atoms with Gasteiger partial charge in [0, 0.05) is 6.42 Å². The molecule has 0 aromatic carbocycles. The fourth-order valence-electron chi connectivity index (χ4n) is 1.08. The summed E-state index contributed by atoms with van der Waals surface area (Å²) >= 11 is 0. The molecule has 1 aliphatic carbocycles. The minimum atomic E-state index is -0.283. The Hall–Kier alpha value is -0.570. The Bertz CT molecular complexity index is 140. The highest BCUT2D eigenvalue weighted by molar-refractivity contribution is 5.69. The van der Waals surface area contributed by atoms with E-state index in [1.165, 1.54) is 7.11 Å². The highest BCUT2D eigenvalue weighted by atomic mass is 16.5. The first-order valence-corrected chi connectivity index (χ1v) is 3.99. The Morgan fingerprint density at radius 3 is 2.82 bits per heavy atom. The maximum Gasteiger partial charge on any atom is 0.305 e. The number of aliphatic hydroxyl groups is 1. The number of hydrogen-bond acceptors (Lipinski definition) is 3. The van der Waals surface area contributed by atoms with E-state index in [0.717, 1.165) is 12.8 Å². The molecule has 0 bridgehead atoms. The molecule has 0 amide bonds. The van der Waals surface area contributed by atoms with Gasteiger partial charge in [-0.3, -0.25) is 4.79 Å². The molecule has 1 rings (SSSR count). The fraction of sp³-hybridized carbons (Fsp3) is 0.875. The molecule has 0 spiro atoms. The van der Waals surface area contributed by atoms with E-state index in [4.69, 9.17) is 0 Å². The Morgan fingerprint density at radius 1 is 1.73 bits per heavy atom. The van der Waals surface area contributed by atoms with Crippen LogP contribution in [0.25, 0.3) is 0 Å². The second kappa shape index (κ2) is 3.72.